The quantitative estimate of drug-likeness (QED) is 0.918. The number of fused-ring (bicyclic) bond motifs is 1. The van der Waals surface area contributed by atoms with Gasteiger partial charge in [-0.1, -0.05) is 25.1 Å². The average molecular weight is 280 g/mol. The fourth-order valence-electron chi connectivity index (χ4n) is 3.16. The Balaban J connectivity index is 2.08. The number of hydrogen-bond donors (Lipinski definition) is 1. The Hall–Kier alpha value is -2.12. The third-order valence-corrected chi connectivity index (χ3v) is 4.35. The molecule has 2 atom stereocenters. The fraction of sp³-hybridized carbons (Fsp3) is 0.412. The summed E-state index contributed by atoms with van der Waals surface area (Å²) >= 11 is 0. The van der Waals surface area contributed by atoms with Crippen LogP contribution < -0.4 is 10.6 Å². The first-order valence-electron chi connectivity index (χ1n) is 7.49. The number of nitrogens with zero attached hydrogens (tertiary/aromatic N) is 3. The summed E-state index contributed by atoms with van der Waals surface area (Å²) < 4.78 is 0. The highest BCUT2D eigenvalue weighted by molar-refractivity contribution is 5.83. The molecular formula is C17H20N4. The molecule has 4 nitrogen and oxygen atoms in total. The molecule has 21 heavy (non-hydrogen) atoms. The van der Waals surface area contributed by atoms with E-state index in [1.54, 1.807) is 0 Å². The first kappa shape index (κ1) is 13.8. The molecule has 1 aromatic carbocycles. The highest BCUT2D eigenvalue weighted by Gasteiger charge is 2.28. The molecule has 0 aliphatic carbocycles. The van der Waals surface area contributed by atoms with Crippen LogP contribution in [0.2, 0.25) is 0 Å². The zero-order valence-corrected chi connectivity index (χ0v) is 12.3. The topological polar surface area (TPSA) is 65.9 Å². The first-order valence-corrected chi connectivity index (χ1v) is 7.49. The van der Waals surface area contributed by atoms with E-state index in [1.807, 2.05) is 30.3 Å². The van der Waals surface area contributed by atoms with Gasteiger partial charge in [-0.05, 0) is 30.9 Å². The Morgan fingerprint density at radius 3 is 3.00 bits per heavy atom. The number of nitriles is 1. The number of nitrogens with two attached hydrogens (primary N) is 1. The van der Waals surface area contributed by atoms with Gasteiger partial charge in [-0.25, -0.2) is 4.98 Å². The van der Waals surface area contributed by atoms with Crippen LogP contribution in [-0.2, 0) is 0 Å². The number of anilines is 1. The predicted molar refractivity (Wildman–Crippen MR) is 85.0 cm³/mol. The van der Waals surface area contributed by atoms with E-state index in [0.717, 1.165) is 36.1 Å². The van der Waals surface area contributed by atoms with Gasteiger partial charge >= 0.3 is 0 Å². The SMILES string of the molecule is CC1CCN(c2nc3ccccc3cc2C#N)C(CN)C1. The molecule has 1 fully saturated rings. The summed E-state index contributed by atoms with van der Waals surface area (Å²) in [6.45, 7) is 3.78. The van der Waals surface area contributed by atoms with Gasteiger partial charge in [0.1, 0.15) is 11.9 Å². The Labute approximate surface area is 125 Å². The number of piperidine rings is 1. The molecule has 108 valence electrons. The van der Waals surface area contributed by atoms with Gasteiger partial charge in [-0.3, -0.25) is 0 Å². The van der Waals surface area contributed by atoms with Crippen molar-refractivity contribution in [2.24, 2.45) is 11.7 Å². The summed E-state index contributed by atoms with van der Waals surface area (Å²) in [5, 5.41) is 10.5. The van der Waals surface area contributed by atoms with E-state index in [-0.39, 0.29) is 6.04 Å². The van der Waals surface area contributed by atoms with Crippen molar-refractivity contribution in [1.82, 2.24) is 4.98 Å². The van der Waals surface area contributed by atoms with Crippen molar-refractivity contribution in [2.75, 3.05) is 18.0 Å². The van der Waals surface area contributed by atoms with Crippen molar-refractivity contribution in [1.29, 1.82) is 5.26 Å². The highest BCUT2D eigenvalue weighted by Crippen LogP contribution is 2.30. The molecule has 2 unspecified atom stereocenters. The molecule has 1 saturated heterocycles. The van der Waals surface area contributed by atoms with Gasteiger partial charge in [0.15, 0.2) is 0 Å². The van der Waals surface area contributed by atoms with Crippen LogP contribution in [-0.4, -0.2) is 24.1 Å². The van der Waals surface area contributed by atoms with Gasteiger partial charge in [0.05, 0.1) is 11.1 Å². The maximum absolute atomic E-state index is 9.47. The van der Waals surface area contributed by atoms with E-state index in [2.05, 4.69) is 17.9 Å². The first-order chi connectivity index (χ1) is 10.2. The molecule has 0 radical (unpaired) electrons. The van der Waals surface area contributed by atoms with Gasteiger partial charge in [0.25, 0.3) is 0 Å². The normalized spacial score (nSPS) is 22.2. The number of aromatic nitrogens is 1. The lowest BCUT2D eigenvalue weighted by atomic mass is 9.92. The second kappa shape index (κ2) is 5.71. The van der Waals surface area contributed by atoms with E-state index in [0.29, 0.717) is 18.0 Å². The number of hydrogen-bond acceptors (Lipinski definition) is 4. The van der Waals surface area contributed by atoms with E-state index in [1.165, 1.54) is 0 Å². The predicted octanol–water partition coefficient (Wildman–Crippen LogP) is 2.67. The summed E-state index contributed by atoms with van der Waals surface area (Å²) in [4.78, 5) is 6.97. The highest BCUT2D eigenvalue weighted by atomic mass is 15.2. The van der Waals surface area contributed by atoms with E-state index < -0.39 is 0 Å². The summed E-state index contributed by atoms with van der Waals surface area (Å²) in [5.74, 6) is 1.47. The maximum Gasteiger partial charge on any atom is 0.147 e. The van der Waals surface area contributed by atoms with Crippen LogP contribution in [0.25, 0.3) is 10.9 Å². The van der Waals surface area contributed by atoms with Crippen LogP contribution in [0.5, 0.6) is 0 Å². The monoisotopic (exact) mass is 280 g/mol. The number of rotatable bonds is 2. The van der Waals surface area contributed by atoms with Crippen molar-refractivity contribution in [2.45, 2.75) is 25.8 Å². The Morgan fingerprint density at radius 2 is 2.24 bits per heavy atom. The van der Waals surface area contributed by atoms with Crippen LogP contribution in [0.3, 0.4) is 0 Å². The van der Waals surface area contributed by atoms with Crippen molar-refractivity contribution >= 4 is 16.7 Å². The molecule has 0 amide bonds. The molecule has 1 aliphatic heterocycles. The summed E-state index contributed by atoms with van der Waals surface area (Å²) in [7, 11) is 0. The molecule has 0 saturated carbocycles. The molecule has 2 N–H and O–H groups in total. The summed E-state index contributed by atoms with van der Waals surface area (Å²) in [6.07, 6.45) is 2.19. The zero-order chi connectivity index (χ0) is 14.8. The third-order valence-electron chi connectivity index (χ3n) is 4.35. The van der Waals surface area contributed by atoms with Crippen LogP contribution >= 0.6 is 0 Å². The fourth-order valence-corrected chi connectivity index (χ4v) is 3.16. The van der Waals surface area contributed by atoms with E-state index in [4.69, 9.17) is 10.7 Å². The Morgan fingerprint density at radius 1 is 1.43 bits per heavy atom. The zero-order valence-electron chi connectivity index (χ0n) is 12.3. The number of benzene rings is 1. The molecule has 1 aromatic heterocycles. The molecule has 2 heterocycles. The lowest BCUT2D eigenvalue weighted by molar-refractivity contribution is 0.365. The van der Waals surface area contributed by atoms with Crippen LogP contribution in [0.15, 0.2) is 30.3 Å². The largest absolute Gasteiger partial charge is 0.351 e. The van der Waals surface area contributed by atoms with Crippen LogP contribution in [0, 0.1) is 17.2 Å². The molecule has 4 heteroatoms. The number of pyridine rings is 1. The van der Waals surface area contributed by atoms with E-state index >= 15 is 0 Å². The average Bonchev–Trinajstić information content (AvgIpc) is 2.53. The molecule has 1 aliphatic rings. The Bertz CT molecular complexity index is 689. The summed E-state index contributed by atoms with van der Waals surface area (Å²) in [6, 6.07) is 12.4. The molecule has 3 rings (SSSR count). The molecule has 0 spiro atoms. The number of para-hydroxylation sites is 1. The van der Waals surface area contributed by atoms with Crippen molar-refractivity contribution in [3.63, 3.8) is 0 Å². The van der Waals surface area contributed by atoms with Crippen LogP contribution in [0.4, 0.5) is 5.82 Å². The van der Waals surface area contributed by atoms with Crippen molar-refractivity contribution in [3.05, 3.63) is 35.9 Å². The summed E-state index contributed by atoms with van der Waals surface area (Å²) in [5.41, 5.74) is 7.52. The minimum Gasteiger partial charge on any atom is -0.351 e. The second-order valence-electron chi connectivity index (χ2n) is 5.88. The van der Waals surface area contributed by atoms with Gasteiger partial charge in [-0.2, -0.15) is 5.26 Å². The van der Waals surface area contributed by atoms with Gasteiger partial charge in [-0.15, -0.1) is 0 Å². The lowest BCUT2D eigenvalue weighted by Crippen LogP contribution is -2.47. The maximum atomic E-state index is 9.47. The minimum absolute atomic E-state index is 0.273. The minimum atomic E-state index is 0.273. The third kappa shape index (κ3) is 2.57. The van der Waals surface area contributed by atoms with Crippen molar-refractivity contribution in [3.8, 4) is 6.07 Å². The molecular weight excluding hydrogens is 260 g/mol. The standard InChI is InChI=1S/C17H20N4/c1-12-6-7-21(15(8-12)11-19)17-14(10-18)9-13-4-2-3-5-16(13)20-17/h2-5,9,12,15H,6-8,11,19H2,1H3. The van der Waals surface area contributed by atoms with Crippen LogP contribution in [0.1, 0.15) is 25.3 Å². The Kier molecular flexibility index (Phi) is 3.76. The second-order valence-corrected chi connectivity index (χ2v) is 5.88. The van der Waals surface area contributed by atoms with Gasteiger partial charge in [0.2, 0.25) is 0 Å². The van der Waals surface area contributed by atoms with E-state index in [9.17, 15) is 5.26 Å². The lowest BCUT2D eigenvalue weighted by Gasteiger charge is -2.39. The smallest absolute Gasteiger partial charge is 0.147 e. The van der Waals surface area contributed by atoms with Crippen molar-refractivity contribution < 1.29 is 0 Å². The molecule has 2 aromatic rings. The van der Waals surface area contributed by atoms with Gasteiger partial charge < -0.3 is 10.6 Å². The molecule has 0 bridgehead atoms. The van der Waals surface area contributed by atoms with Gasteiger partial charge in [0, 0.05) is 24.5 Å².